The number of thiocarbonyl (C=S) groups is 1. The van der Waals surface area contributed by atoms with E-state index >= 15 is 0 Å². The third-order valence-corrected chi connectivity index (χ3v) is 3.27. The Morgan fingerprint density at radius 1 is 1.30 bits per heavy atom. The molecule has 0 fully saturated rings. The molecule has 1 aliphatic heterocycles. The highest BCUT2D eigenvalue weighted by molar-refractivity contribution is 7.80. The van der Waals surface area contributed by atoms with Crippen LogP contribution in [0.3, 0.4) is 0 Å². The molecule has 1 aliphatic rings. The topological polar surface area (TPSA) is 50.4 Å². The molecule has 1 aromatic carbocycles. The fraction of sp³-hybridized carbons (Fsp3) is 0.286. The minimum atomic E-state index is -4.83. The first-order valence-electron chi connectivity index (χ1n) is 6.55. The molecule has 0 aliphatic carbocycles. The number of carbonyl (C=O) groups excluding carboxylic acids is 1. The van der Waals surface area contributed by atoms with Gasteiger partial charge >= 0.3 is 12.1 Å². The van der Waals surface area contributed by atoms with Gasteiger partial charge in [-0.15, -0.1) is 0 Å². The zero-order valence-electron chi connectivity index (χ0n) is 11.8. The van der Waals surface area contributed by atoms with Crippen molar-refractivity contribution < 1.29 is 27.1 Å². The Labute approximate surface area is 134 Å². The fourth-order valence-corrected chi connectivity index (χ4v) is 2.34. The highest BCUT2D eigenvalue weighted by Gasteiger charge is 2.44. The second-order valence-electron chi connectivity index (χ2n) is 4.59. The van der Waals surface area contributed by atoms with Gasteiger partial charge in [-0.25, -0.2) is 9.18 Å². The monoisotopic (exact) mass is 348 g/mol. The van der Waals surface area contributed by atoms with E-state index in [-0.39, 0.29) is 17.3 Å². The standard InChI is InChI=1S/C14H12F4N2O2S/c1-2-22-12(21)9-10(7-3-5-8(15)6-4-7)19-13(23)20-11(9)14(16,17)18/h3-6,10H,2H2,1H3,(H2,19,20,23)/t10-/m1/s1. The van der Waals surface area contributed by atoms with Crippen LogP contribution in [-0.2, 0) is 9.53 Å². The summed E-state index contributed by atoms with van der Waals surface area (Å²) in [6.45, 7) is 1.39. The maximum Gasteiger partial charge on any atom is 0.431 e. The minimum Gasteiger partial charge on any atom is -0.463 e. The summed E-state index contributed by atoms with van der Waals surface area (Å²) in [5.74, 6) is -1.68. The zero-order chi connectivity index (χ0) is 17.2. The highest BCUT2D eigenvalue weighted by Crippen LogP contribution is 2.35. The second kappa shape index (κ2) is 6.53. The third kappa shape index (κ3) is 3.79. The molecule has 0 spiro atoms. The third-order valence-electron chi connectivity index (χ3n) is 3.05. The Kier molecular flexibility index (Phi) is 4.88. The molecule has 0 saturated carbocycles. The van der Waals surface area contributed by atoms with Gasteiger partial charge in [0.05, 0.1) is 18.2 Å². The van der Waals surface area contributed by atoms with Crippen molar-refractivity contribution in [2.45, 2.75) is 19.1 Å². The summed E-state index contributed by atoms with van der Waals surface area (Å²) in [5.41, 5.74) is -1.69. The van der Waals surface area contributed by atoms with Crippen molar-refractivity contribution in [3.8, 4) is 0 Å². The Hall–Kier alpha value is -2.16. The Balaban J connectivity index is 2.59. The highest BCUT2D eigenvalue weighted by atomic mass is 32.1. The molecule has 1 atom stereocenters. The van der Waals surface area contributed by atoms with Gasteiger partial charge in [-0.05, 0) is 36.8 Å². The number of esters is 1. The average molecular weight is 348 g/mol. The molecule has 0 radical (unpaired) electrons. The smallest absolute Gasteiger partial charge is 0.431 e. The van der Waals surface area contributed by atoms with Gasteiger partial charge in [-0.3, -0.25) is 0 Å². The predicted molar refractivity (Wildman–Crippen MR) is 77.7 cm³/mol. The molecule has 0 aromatic heterocycles. The lowest BCUT2D eigenvalue weighted by Gasteiger charge is -2.31. The van der Waals surface area contributed by atoms with E-state index in [1.54, 1.807) is 0 Å². The van der Waals surface area contributed by atoms with Crippen LogP contribution in [0.25, 0.3) is 0 Å². The molecule has 0 amide bonds. The van der Waals surface area contributed by atoms with Crippen molar-refractivity contribution in [1.29, 1.82) is 0 Å². The van der Waals surface area contributed by atoms with Gasteiger partial charge in [0.1, 0.15) is 11.5 Å². The van der Waals surface area contributed by atoms with Gasteiger partial charge in [0.25, 0.3) is 0 Å². The SMILES string of the molecule is CCOC(=O)C1=C(C(F)(F)F)NC(=S)N[C@@H]1c1ccc(F)cc1. The summed E-state index contributed by atoms with van der Waals surface area (Å²) in [6.07, 6.45) is -4.83. The molecule has 1 heterocycles. The van der Waals surface area contributed by atoms with E-state index in [1.807, 2.05) is 5.32 Å². The number of hydrogen-bond donors (Lipinski definition) is 2. The van der Waals surface area contributed by atoms with Crippen molar-refractivity contribution in [2.24, 2.45) is 0 Å². The van der Waals surface area contributed by atoms with Gasteiger partial charge in [-0.1, -0.05) is 12.1 Å². The number of nitrogens with one attached hydrogen (secondary N) is 2. The van der Waals surface area contributed by atoms with Gasteiger partial charge in [0.2, 0.25) is 0 Å². The quantitative estimate of drug-likeness (QED) is 0.500. The molecule has 2 rings (SSSR count). The van der Waals surface area contributed by atoms with Crippen LogP contribution < -0.4 is 10.6 Å². The molecule has 0 bridgehead atoms. The molecule has 124 valence electrons. The summed E-state index contributed by atoms with van der Waals surface area (Å²) < 4.78 is 57.5. The van der Waals surface area contributed by atoms with Crippen molar-refractivity contribution in [3.05, 3.63) is 46.9 Å². The number of rotatable bonds is 3. The summed E-state index contributed by atoms with van der Waals surface area (Å²) >= 11 is 4.78. The van der Waals surface area contributed by atoms with Crippen LogP contribution in [0.5, 0.6) is 0 Å². The number of allylic oxidation sites excluding steroid dienone is 1. The zero-order valence-corrected chi connectivity index (χ0v) is 12.6. The number of benzene rings is 1. The number of halogens is 4. The van der Waals surface area contributed by atoms with E-state index in [2.05, 4.69) is 5.32 Å². The van der Waals surface area contributed by atoms with Crippen LogP contribution >= 0.6 is 12.2 Å². The van der Waals surface area contributed by atoms with Gasteiger partial charge in [0, 0.05) is 0 Å². The summed E-state index contributed by atoms with van der Waals surface area (Å²) in [4.78, 5) is 12.0. The molecule has 0 unspecified atom stereocenters. The first-order chi connectivity index (χ1) is 10.7. The lowest BCUT2D eigenvalue weighted by molar-refractivity contribution is -0.140. The summed E-state index contributed by atoms with van der Waals surface area (Å²) in [6, 6.07) is 3.51. The number of hydrogen-bond acceptors (Lipinski definition) is 3. The first-order valence-corrected chi connectivity index (χ1v) is 6.96. The first kappa shape index (κ1) is 17.2. The lowest BCUT2D eigenvalue weighted by Crippen LogP contribution is -2.49. The van der Waals surface area contributed by atoms with Crippen molar-refractivity contribution in [2.75, 3.05) is 6.61 Å². The van der Waals surface area contributed by atoms with Gasteiger partial charge in [0.15, 0.2) is 5.11 Å². The van der Waals surface area contributed by atoms with E-state index in [1.165, 1.54) is 19.1 Å². The summed E-state index contributed by atoms with van der Waals surface area (Å²) in [7, 11) is 0. The van der Waals surface area contributed by atoms with Crippen LogP contribution in [0.4, 0.5) is 17.6 Å². The van der Waals surface area contributed by atoms with E-state index in [0.717, 1.165) is 12.1 Å². The normalized spacial score (nSPS) is 18.3. The van der Waals surface area contributed by atoms with Crippen molar-refractivity contribution >= 4 is 23.3 Å². The second-order valence-corrected chi connectivity index (χ2v) is 5.00. The van der Waals surface area contributed by atoms with E-state index in [0.29, 0.717) is 0 Å². The van der Waals surface area contributed by atoms with Crippen LogP contribution in [0.1, 0.15) is 18.5 Å². The lowest BCUT2D eigenvalue weighted by atomic mass is 9.95. The maximum atomic E-state index is 13.2. The molecule has 23 heavy (non-hydrogen) atoms. The summed E-state index contributed by atoms with van der Waals surface area (Å²) in [5, 5.41) is 4.25. The molecule has 0 saturated heterocycles. The van der Waals surface area contributed by atoms with Crippen LogP contribution in [0, 0.1) is 5.82 Å². The molecule has 1 aromatic rings. The fourth-order valence-electron chi connectivity index (χ4n) is 2.12. The molecular weight excluding hydrogens is 336 g/mol. The molecule has 9 heteroatoms. The average Bonchev–Trinajstić information content (AvgIpc) is 2.46. The Morgan fingerprint density at radius 3 is 2.43 bits per heavy atom. The number of ether oxygens (including phenoxy) is 1. The predicted octanol–water partition coefficient (Wildman–Crippen LogP) is 2.72. The Bertz CT molecular complexity index is 656. The molecular formula is C14H12F4N2O2S. The minimum absolute atomic E-state index is 0.0892. The molecule has 2 N–H and O–H groups in total. The van der Waals surface area contributed by atoms with Crippen LogP contribution in [0.2, 0.25) is 0 Å². The van der Waals surface area contributed by atoms with Crippen LogP contribution in [-0.4, -0.2) is 23.9 Å². The van der Waals surface area contributed by atoms with E-state index in [9.17, 15) is 22.4 Å². The van der Waals surface area contributed by atoms with Crippen LogP contribution in [0.15, 0.2) is 35.5 Å². The maximum absolute atomic E-state index is 13.2. The van der Waals surface area contributed by atoms with Crippen molar-refractivity contribution in [3.63, 3.8) is 0 Å². The molecule has 4 nitrogen and oxygen atoms in total. The Morgan fingerprint density at radius 2 is 1.91 bits per heavy atom. The van der Waals surface area contributed by atoms with Crippen molar-refractivity contribution in [1.82, 2.24) is 10.6 Å². The van der Waals surface area contributed by atoms with E-state index < -0.39 is 35.3 Å². The van der Waals surface area contributed by atoms with Gasteiger partial charge in [-0.2, -0.15) is 13.2 Å². The van der Waals surface area contributed by atoms with Gasteiger partial charge < -0.3 is 15.4 Å². The van der Waals surface area contributed by atoms with E-state index in [4.69, 9.17) is 17.0 Å². The number of alkyl halides is 3. The largest absolute Gasteiger partial charge is 0.463 e. The number of carbonyl (C=O) groups is 1.